The van der Waals surface area contributed by atoms with E-state index in [1.54, 1.807) is 5.51 Å². The Bertz CT molecular complexity index is 1100. The Morgan fingerprint density at radius 1 is 1.26 bits per heavy atom. The minimum Gasteiger partial charge on any atom is -0.418 e. The van der Waals surface area contributed by atoms with Gasteiger partial charge in [-0.1, -0.05) is 0 Å². The Balaban J connectivity index is 1.67. The van der Waals surface area contributed by atoms with Crippen molar-refractivity contribution in [3.05, 3.63) is 46.9 Å². The summed E-state index contributed by atoms with van der Waals surface area (Å²) in [7, 11) is -4.04. The molecular weight excluding hydrogens is 398 g/mol. The van der Waals surface area contributed by atoms with Crippen LogP contribution in [0.25, 0.3) is 10.8 Å². The molecule has 1 aliphatic heterocycles. The second-order valence-corrected chi connectivity index (χ2v) is 8.81. The first kappa shape index (κ1) is 18.1. The summed E-state index contributed by atoms with van der Waals surface area (Å²) in [5.41, 5.74) is 2.40. The number of thiazole rings is 1. The first-order chi connectivity index (χ1) is 12.9. The van der Waals surface area contributed by atoms with Crippen molar-refractivity contribution in [1.29, 1.82) is 0 Å². The molecule has 0 unspecified atom stereocenters. The number of aromatic nitrogens is 3. The van der Waals surface area contributed by atoms with Crippen LogP contribution >= 0.6 is 11.3 Å². The van der Waals surface area contributed by atoms with Crippen molar-refractivity contribution < 1.29 is 21.6 Å². The van der Waals surface area contributed by atoms with Crippen molar-refractivity contribution in [3.63, 3.8) is 0 Å². The van der Waals surface area contributed by atoms with Crippen molar-refractivity contribution in [3.8, 4) is 10.8 Å². The van der Waals surface area contributed by atoms with Gasteiger partial charge in [-0.25, -0.2) is 22.2 Å². The summed E-state index contributed by atoms with van der Waals surface area (Å²) < 4.78 is 59.4. The fourth-order valence-corrected chi connectivity index (χ4v) is 5.40. The van der Waals surface area contributed by atoms with Gasteiger partial charge in [0, 0.05) is 6.54 Å². The van der Waals surface area contributed by atoms with Crippen molar-refractivity contribution in [2.45, 2.75) is 30.7 Å². The Morgan fingerprint density at radius 3 is 2.78 bits per heavy atom. The zero-order valence-electron chi connectivity index (χ0n) is 14.1. The Labute approximate surface area is 157 Å². The first-order valence-corrected chi connectivity index (χ1v) is 10.4. The molecule has 1 atom stereocenters. The van der Waals surface area contributed by atoms with E-state index in [9.17, 15) is 17.2 Å². The highest BCUT2D eigenvalue weighted by Gasteiger charge is 2.39. The molecule has 0 spiro atoms. The van der Waals surface area contributed by atoms with Gasteiger partial charge >= 0.3 is 0 Å². The number of sulfonamides is 1. The van der Waals surface area contributed by atoms with Gasteiger partial charge in [-0.05, 0) is 38.0 Å². The van der Waals surface area contributed by atoms with Gasteiger partial charge in [0.2, 0.25) is 15.9 Å². The molecule has 27 heavy (non-hydrogen) atoms. The van der Waals surface area contributed by atoms with Crippen LogP contribution in [0.5, 0.6) is 0 Å². The fraction of sp³-hybridized carbons (Fsp3) is 0.312. The summed E-state index contributed by atoms with van der Waals surface area (Å²) in [4.78, 5) is 4.54. The maximum atomic E-state index is 13.5. The third-order valence-electron chi connectivity index (χ3n) is 4.37. The quantitative estimate of drug-likeness (QED) is 0.653. The number of nitrogens with zero attached hydrogens (tertiary/aromatic N) is 4. The largest absolute Gasteiger partial charge is 0.418 e. The topological polar surface area (TPSA) is 89.2 Å². The molecule has 0 amide bonds. The SMILES string of the molecule is Cc1ncsc1-c1nnc([C@H]2CCCN2S(=O)(=O)c2ccc(F)c(F)c2)o1. The van der Waals surface area contributed by atoms with Crippen LogP contribution in [-0.4, -0.2) is 34.4 Å². The van der Waals surface area contributed by atoms with E-state index in [1.165, 1.54) is 15.6 Å². The maximum absolute atomic E-state index is 13.5. The lowest BCUT2D eigenvalue weighted by Gasteiger charge is -2.21. The molecule has 3 aromatic rings. The van der Waals surface area contributed by atoms with Gasteiger partial charge in [-0.3, -0.25) is 0 Å². The predicted octanol–water partition coefficient (Wildman–Crippen LogP) is 3.31. The zero-order chi connectivity index (χ0) is 19.2. The molecule has 7 nitrogen and oxygen atoms in total. The zero-order valence-corrected chi connectivity index (χ0v) is 15.7. The van der Waals surface area contributed by atoms with Crippen LogP contribution in [-0.2, 0) is 10.0 Å². The van der Waals surface area contributed by atoms with E-state index in [4.69, 9.17) is 4.42 Å². The first-order valence-electron chi connectivity index (χ1n) is 8.08. The summed E-state index contributed by atoms with van der Waals surface area (Å²) in [6.07, 6.45) is 1.08. The average Bonchev–Trinajstić information content (AvgIpc) is 3.35. The van der Waals surface area contributed by atoms with E-state index in [0.717, 1.165) is 22.7 Å². The van der Waals surface area contributed by atoms with E-state index in [-0.39, 0.29) is 23.2 Å². The van der Waals surface area contributed by atoms with Crippen LogP contribution < -0.4 is 0 Å². The number of hydrogen-bond acceptors (Lipinski definition) is 7. The lowest BCUT2D eigenvalue weighted by molar-refractivity contribution is 0.332. The lowest BCUT2D eigenvalue weighted by atomic mass is 10.2. The van der Waals surface area contributed by atoms with Gasteiger partial charge in [0.1, 0.15) is 10.9 Å². The molecular formula is C16H14F2N4O3S2. The van der Waals surface area contributed by atoms with Crippen molar-refractivity contribution in [2.24, 2.45) is 0 Å². The molecule has 11 heteroatoms. The van der Waals surface area contributed by atoms with Crippen LogP contribution in [0.2, 0.25) is 0 Å². The van der Waals surface area contributed by atoms with Gasteiger partial charge in [0.15, 0.2) is 11.6 Å². The molecule has 1 fully saturated rings. The summed E-state index contributed by atoms with van der Waals surface area (Å²) in [5.74, 6) is -1.87. The molecule has 2 aromatic heterocycles. The third kappa shape index (κ3) is 3.15. The molecule has 4 rings (SSSR count). The van der Waals surface area contributed by atoms with Crippen molar-refractivity contribution >= 4 is 21.4 Å². The van der Waals surface area contributed by atoms with E-state index in [0.29, 0.717) is 18.9 Å². The van der Waals surface area contributed by atoms with Gasteiger partial charge in [0.05, 0.1) is 16.1 Å². The van der Waals surface area contributed by atoms with Crippen LogP contribution in [0.1, 0.15) is 30.5 Å². The fourth-order valence-electron chi connectivity index (χ4n) is 3.02. The number of rotatable bonds is 4. The standard InChI is InChI=1S/C16H14F2N4O3S2/c1-9-14(26-8-19-9)16-21-20-15(25-16)13-3-2-6-22(13)27(23,24)10-4-5-11(17)12(18)7-10/h4-5,7-8,13H,2-3,6H2,1H3/t13-/m1/s1. The Morgan fingerprint density at radius 2 is 2.07 bits per heavy atom. The normalized spacial score (nSPS) is 18.3. The van der Waals surface area contributed by atoms with Crippen molar-refractivity contribution in [2.75, 3.05) is 6.54 Å². The second-order valence-electron chi connectivity index (χ2n) is 6.06. The molecule has 142 valence electrons. The molecule has 1 aromatic carbocycles. The van der Waals surface area contributed by atoms with Crippen LogP contribution in [0.3, 0.4) is 0 Å². The molecule has 1 saturated heterocycles. The smallest absolute Gasteiger partial charge is 0.259 e. The molecule has 0 radical (unpaired) electrons. The van der Waals surface area contributed by atoms with Gasteiger partial charge < -0.3 is 4.42 Å². The molecule has 3 heterocycles. The second kappa shape index (κ2) is 6.73. The van der Waals surface area contributed by atoms with E-state index in [2.05, 4.69) is 15.2 Å². The average molecular weight is 412 g/mol. The van der Waals surface area contributed by atoms with Crippen LogP contribution in [0.15, 0.2) is 33.0 Å². The molecule has 1 aliphatic rings. The number of hydrogen-bond donors (Lipinski definition) is 0. The molecule has 0 aliphatic carbocycles. The van der Waals surface area contributed by atoms with Gasteiger partial charge in [0.25, 0.3) is 5.89 Å². The van der Waals surface area contributed by atoms with Crippen LogP contribution in [0.4, 0.5) is 8.78 Å². The summed E-state index contributed by atoms with van der Waals surface area (Å²) >= 11 is 1.35. The number of aryl methyl sites for hydroxylation is 1. The molecule has 0 saturated carbocycles. The highest BCUT2D eigenvalue weighted by molar-refractivity contribution is 7.89. The third-order valence-corrected chi connectivity index (χ3v) is 7.19. The highest BCUT2D eigenvalue weighted by Crippen LogP contribution is 2.37. The minimum atomic E-state index is -4.04. The molecule has 0 bridgehead atoms. The van der Waals surface area contributed by atoms with Crippen molar-refractivity contribution in [1.82, 2.24) is 19.5 Å². The Hall–Kier alpha value is -2.24. The number of halogens is 2. The van der Waals surface area contributed by atoms with Crippen LogP contribution in [0, 0.1) is 18.6 Å². The Kier molecular flexibility index (Phi) is 4.52. The minimum absolute atomic E-state index is 0.168. The summed E-state index contributed by atoms with van der Waals surface area (Å²) in [6, 6.07) is 1.87. The monoisotopic (exact) mass is 412 g/mol. The maximum Gasteiger partial charge on any atom is 0.259 e. The predicted molar refractivity (Wildman–Crippen MR) is 92.4 cm³/mol. The lowest BCUT2D eigenvalue weighted by Crippen LogP contribution is -2.31. The van der Waals surface area contributed by atoms with Gasteiger partial charge in [-0.15, -0.1) is 21.5 Å². The summed E-state index contributed by atoms with van der Waals surface area (Å²) in [6.45, 7) is 2.04. The van der Waals surface area contributed by atoms with E-state index in [1.807, 2.05) is 6.92 Å². The van der Waals surface area contributed by atoms with E-state index < -0.39 is 27.7 Å². The highest BCUT2D eigenvalue weighted by atomic mass is 32.2. The van der Waals surface area contributed by atoms with E-state index >= 15 is 0 Å². The summed E-state index contributed by atoms with van der Waals surface area (Å²) in [5, 5.41) is 8.01. The van der Waals surface area contributed by atoms with Gasteiger partial charge in [-0.2, -0.15) is 4.31 Å². The molecule has 0 N–H and O–H groups in total. The number of benzene rings is 1.